The Kier molecular flexibility index (Phi) is 6.60. The number of halogens is 3. The number of benzene rings is 2. The molecule has 0 aliphatic rings. The van der Waals surface area contributed by atoms with E-state index in [1.807, 2.05) is 0 Å². The zero-order valence-electron chi connectivity index (χ0n) is 14.9. The maximum Gasteiger partial charge on any atom is 0.387 e. The first-order valence-electron chi connectivity index (χ1n) is 8.32. The molecule has 29 heavy (non-hydrogen) atoms. The minimum absolute atomic E-state index is 0.00491. The molecule has 0 aliphatic carbocycles. The number of carbonyl (C=O) groups excluding carboxylic acids is 1. The highest BCUT2D eigenvalue weighted by molar-refractivity contribution is 7.99. The van der Waals surface area contributed by atoms with Gasteiger partial charge in [0.1, 0.15) is 11.6 Å². The molecule has 0 radical (unpaired) electrons. The number of thioether (sulfide) groups is 1. The van der Waals surface area contributed by atoms with E-state index in [2.05, 4.69) is 20.3 Å². The van der Waals surface area contributed by atoms with Gasteiger partial charge in [-0.25, -0.2) is 9.07 Å². The Morgan fingerprint density at radius 2 is 1.90 bits per heavy atom. The predicted molar refractivity (Wildman–Crippen MR) is 101 cm³/mol. The van der Waals surface area contributed by atoms with Crippen LogP contribution in [0.3, 0.4) is 0 Å². The van der Waals surface area contributed by atoms with Crippen LogP contribution in [0.15, 0.2) is 53.7 Å². The molecule has 0 saturated heterocycles. The van der Waals surface area contributed by atoms with E-state index in [4.69, 9.17) is 5.84 Å². The highest BCUT2D eigenvalue weighted by Gasteiger charge is 2.14. The standard InChI is InChI=1S/C18H16F3N5O2S/c19-14-4-2-1-3-12(14)9-23-15(27)10-29-18-25-24-16(26(18)22)11-5-7-13(8-6-11)28-17(20)21/h1-8,17H,9-10,22H2,(H,23,27). The summed E-state index contributed by atoms with van der Waals surface area (Å²) in [6.07, 6.45) is 0. The lowest BCUT2D eigenvalue weighted by Crippen LogP contribution is -2.25. The quantitative estimate of drug-likeness (QED) is 0.427. The van der Waals surface area contributed by atoms with Gasteiger partial charge in [-0.2, -0.15) is 8.78 Å². The summed E-state index contributed by atoms with van der Waals surface area (Å²) >= 11 is 1.06. The van der Waals surface area contributed by atoms with E-state index in [1.54, 1.807) is 18.2 Å². The van der Waals surface area contributed by atoms with E-state index in [0.29, 0.717) is 17.0 Å². The van der Waals surface area contributed by atoms with Crippen LogP contribution in [0, 0.1) is 5.82 Å². The topological polar surface area (TPSA) is 95.1 Å². The molecule has 0 bridgehead atoms. The SMILES string of the molecule is Nn1c(SCC(=O)NCc2ccccc2F)nnc1-c1ccc(OC(F)F)cc1. The van der Waals surface area contributed by atoms with Crippen LogP contribution in [0.5, 0.6) is 5.75 Å². The largest absolute Gasteiger partial charge is 0.435 e. The molecule has 2 aromatic carbocycles. The molecule has 3 rings (SSSR count). The Morgan fingerprint density at radius 1 is 1.17 bits per heavy atom. The lowest BCUT2D eigenvalue weighted by atomic mass is 10.2. The normalized spacial score (nSPS) is 10.9. The number of hydrogen-bond donors (Lipinski definition) is 2. The minimum Gasteiger partial charge on any atom is -0.435 e. The molecule has 11 heteroatoms. The Balaban J connectivity index is 1.56. The van der Waals surface area contributed by atoms with Crippen molar-refractivity contribution in [2.75, 3.05) is 11.6 Å². The summed E-state index contributed by atoms with van der Waals surface area (Å²) in [7, 11) is 0. The van der Waals surface area contributed by atoms with Gasteiger partial charge in [0, 0.05) is 17.7 Å². The van der Waals surface area contributed by atoms with Gasteiger partial charge in [-0.05, 0) is 30.3 Å². The number of amides is 1. The number of ether oxygens (including phenoxy) is 1. The molecule has 1 heterocycles. The average Bonchev–Trinajstić information content (AvgIpc) is 3.06. The number of rotatable bonds is 8. The number of nitrogens with zero attached hydrogens (tertiary/aromatic N) is 3. The number of hydrogen-bond acceptors (Lipinski definition) is 6. The second-order valence-electron chi connectivity index (χ2n) is 5.74. The fourth-order valence-corrected chi connectivity index (χ4v) is 3.06. The Bertz CT molecular complexity index is 982. The van der Waals surface area contributed by atoms with Crippen LogP contribution >= 0.6 is 11.8 Å². The first kappa shape index (κ1) is 20.5. The molecular weight excluding hydrogens is 407 g/mol. The van der Waals surface area contributed by atoms with Crippen molar-refractivity contribution < 1.29 is 22.7 Å². The molecule has 3 N–H and O–H groups in total. The molecule has 7 nitrogen and oxygen atoms in total. The monoisotopic (exact) mass is 423 g/mol. The third-order valence-corrected chi connectivity index (χ3v) is 4.71. The van der Waals surface area contributed by atoms with Crippen LogP contribution in [0.1, 0.15) is 5.56 Å². The maximum atomic E-state index is 13.6. The van der Waals surface area contributed by atoms with Crippen LogP contribution in [0.25, 0.3) is 11.4 Å². The summed E-state index contributed by atoms with van der Waals surface area (Å²) in [4.78, 5) is 12.0. The zero-order chi connectivity index (χ0) is 20.8. The summed E-state index contributed by atoms with van der Waals surface area (Å²) in [5.41, 5.74) is 0.923. The summed E-state index contributed by atoms with van der Waals surface area (Å²) in [5.74, 6) is 5.56. The Hall–Kier alpha value is -3.21. The van der Waals surface area contributed by atoms with Gasteiger partial charge in [0.25, 0.3) is 0 Å². The van der Waals surface area contributed by atoms with Gasteiger partial charge < -0.3 is 15.9 Å². The van der Waals surface area contributed by atoms with E-state index in [0.717, 1.165) is 11.8 Å². The van der Waals surface area contributed by atoms with Gasteiger partial charge >= 0.3 is 6.61 Å². The van der Waals surface area contributed by atoms with Crippen LogP contribution in [0.2, 0.25) is 0 Å². The highest BCUT2D eigenvalue weighted by Crippen LogP contribution is 2.24. The van der Waals surface area contributed by atoms with Gasteiger partial charge in [-0.3, -0.25) is 4.79 Å². The van der Waals surface area contributed by atoms with Crippen LogP contribution < -0.4 is 15.9 Å². The van der Waals surface area contributed by atoms with Crippen LogP contribution in [-0.2, 0) is 11.3 Å². The Morgan fingerprint density at radius 3 is 2.59 bits per heavy atom. The van der Waals surface area contributed by atoms with E-state index in [9.17, 15) is 18.0 Å². The van der Waals surface area contributed by atoms with E-state index < -0.39 is 12.4 Å². The van der Waals surface area contributed by atoms with Gasteiger partial charge in [-0.1, -0.05) is 30.0 Å². The molecule has 0 saturated carbocycles. The van der Waals surface area contributed by atoms with Gasteiger partial charge in [0.15, 0.2) is 5.82 Å². The lowest BCUT2D eigenvalue weighted by Gasteiger charge is -2.07. The summed E-state index contributed by atoms with van der Waals surface area (Å²) in [6.45, 7) is -2.84. The Labute approximate surface area is 168 Å². The molecule has 0 unspecified atom stereocenters. The second-order valence-corrected chi connectivity index (χ2v) is 6.68. The van der Waals surface area contributed by atoms with Crippen molar-refractivity contribution in [3.8, 4) is 17.1 Å². The van der Waals surface area contributed by atoms with Gasteiger partial charge in [-0.15, -0.1) is 10.2 Å². The van der Waals surface area contributed by atoms with Crippen molar-refractivity contribution in [1.82, 2.24) is 20.2 Å². The molecule has 3 aromatic rings. The highest BCUT2D eigenvalue weighted by atomic mass is 32.2. The zero-order valence-corrected chi connectivity index (χ0v) is 15.7. The number of nitrogens with one attached hydrogen (secondary N) is 1. The van der Waals surface area contributed by atoms with E-state index in [1.165, 1.54) is 35.0 Å². The molecular formula is C18H16F3N5O2S. The van der Waals surface area contributed by atoms with Gasteiger partial charge in [0.05, 0.1) is 5.75 Å². The third kappa shape index (κ3) is 5.41. The molecule has 0 spiro atoms. The number of alkyl halides is 2. The first-order valence-corrected chi connectivity index (χ1v) is 9.31. The van der Waals surface area contributed by atoms with Crippen molar-refractivity contribution in [3.05, 3.63) is 59.9 Å². The average molecular weight is 423 g/mol. The molecule has 0 aliphatic heterocycles. The van der Waals surface area contributed by atoms with Crippen molar-refractivity contribution in [3.63, 3.8) is 0 Å². The van der Waals surface area contributed by atoms with E-state index in [-0.39, 0.29) is 29.1 Å². The predicted octanol–water partition coefficient (Wildman–Crippen LogP) is 2.81. The number of carbonyl (C=O) groups is 1. The molecule has 1 aromatic heterocycles. The summed E-state index contributed by atoms with van der Waals surface area (Å²) in [6, 6.07) is 11.9. The number of nitrogens with two attached hydrogens (primary N) is 1. The molecule has 0 atom stereocenters. The minimum atomic E-state index is -2.91. The van der Waals surface area contributed by atoms with Crippen molar-refractivity contribution in [1.29, 1.82) is 0 Å². The van der Waals surface area contributed by atoms with E-state index >= 15 is 0 Å². The van der Waals surface area contributed by atoms with Crippen molar-refractivity contribution in [2.45, 2.75) is 18.3 Å². The smallest absolute Gasteiger partial charge is 0.387 e. The second kappa shape index (κ2) is 9.32. The third-order valence-electron chi connectivity index (χ3n) is 3.77. The number of nitrogen functional groups attached to an aromatic ring is 1. The maximum absolute atomic E-state index is 13.6. The lowest BCUT2D eigenvalue weighted by molar-refractivity contribution is -0.118. The van der Waals surface area contributed by atoms with Crippen molar-refractivity contribution >= 4 is 17.7 Å². The molecule has 152 valence electrons. The first-order chi connectivity index (χ1) is 13.9. The van der Waals surface area contributed by atoms with Gasteiger partial charge in [0.2, 0.25) is 11.1 Å². The summed E-state index contributed by atoms with van der Waals surface area (Å²) in [5, 5.41) is 10.8. The number of aromatic nitrogens is 3. The molecule has 0 fully saturated rings. The summed E-state index contributed by atoms with van der Waals surface area (Å²) < 4.78 is 43.5. The van der Waals surface area contributed by atoms with Crippen LogP contribution in [-0.4, -0.2) is 33.1 Å². The van der Waals surface area contributed by atoms with Crippen molar-refractivity contribution in [2.24, 2.45) is 0 Å². The molecule has 1 amide bonds. The van der Waals surface area contributed by atoms with Crippen LogP contribution in [0.4, 0.5) is 13.2 Å². The fourth-order valence-electron chi connectivity index (χ4n) is 2.37. The fraction of sp³-hybridized carbons (Fsp3) is 0.167.